The molecule has 0 bridgehead atoms. The van der Waals surface area contributed by atoms with E-state index in [0.29, 0.717) is 15.7 Å². The minimum absolute atomic E-state index is 0.132. The number of benzene rings is 1. The number of amides is 1. The van der Waals surface area contributed by atoms with Crippen LogP contribution < -0.4 is 11.1 Å². The van der Waals surface area contributed by atoms with E-state index < -0.39 is 5.82 Å². The van der Waals surface area contributed by atoms with E-state index >= 15 is 0 Å². The van der Waals surface area contributed by atoms with Crippen molar-refractivity contribution in [3.8, 4) is 0 Å². The van der Waals surface area contributed by atoms with Crippen molar-refractivity contribution < 1.29 is 9.18 Å². The number of nitrogens with one attached hydrogen (secondary N) is 1. The van der Waals surface area contributed by atoms with Crippen molar-refractivity contribution in [1.29, 1.82) is 0 Å². The second kappa shape index (κ2) is 6.58. The molecule has 0 saturated heterocycles. The van der Waals surface area contributed by atoms with Crippen LogP contribution in [-0.4, -0.2) is 16.6 Å². The maximum Gasteiger partial charge on any atom is 0.234 e. The maximum atomic E-state index is 12.9. The molecule has 20 heavy (non-hydrogen) atoms. The normalized spacial score (nSPS) is 10.3. The van der Waals surface area contributed by atoms with Gasteiger partial charge in [0.05, 0.1) is 22.2 Å². The van der Waals surface area contributed by atoms with E-state index in [-0.39, 0.29) is 17.3 Å². The van der Waals surface area contributed by atoms with E-state index in [9.17, 15) is 9.18 Å². The van der Waals surface area contributed by atoms with Crippen LogP contribution in [0.5, 0.6) is 0 Å². The number of anilines is 2. The lowest BCUT2D eigenvalue weighted by Crippen LogP contribution is -2.15. The first kappa shape index (κ1) is 14.6. The molecule has 2 aromatic rings. The molecule has 0 aliphatic rings. The highest BCUT2D eigenvalue weighted by atomic mass is 35.5. The molecular formula is C13H11ClFN3OS. The molecule has 4 nitrogen and oxygen atoms in total. The summed E-state index contributed by atoms with van der Waals surface area (Å²) >= 11 is 7.15. The Hall–Kier alpha value is -1.79. The lowest BCUT2D eigenvalue weighted by Gasteiger charge is -2.08. The van der Waals surface area contributed by atoms with Crippen LogP contribution in [0, 0.1) is 5.82 Å². The lowest BCUT2D eigenvalue weighted by atomic mass is 10.2. The maximum absolute atomic E-state index is 12.9. The van der Waals surface area contributed by atoms with Gasteiger partial charge in [-0.25, -0.2) is 9.37 Å². The standard InChI is InChI=1S/C13H11ClFN3OS/c14-9-2-1-5-17-13(9)20-7-12(19)18-11-4-3-8(15)6-10(11)16/h1-6H,7,16H2,(H,18,19). The average molecular weight is 312 g/mol. The molecule has 1 amide bonds. The Labute approximate surface area is 124 Å². The van der Waals surface area contributed by atoms with Gasteiger partial charge in [0.15, 0.2) is 0 Å². The lowest BCUT2D eigenvalue weighted by molar-refractivity contribution is -0.113. The fourth-order valence-electron chi connectivity index (χ4n) is 1.45. The molecule has 7 heteroatoms. The van der Waals surface area contributed by atoms with Crippen molar-refractivity contribution in [2.75, 3.05) is 16.8 Å². The second-order valence-electron chi connectivity index (χ2n) is 3.86. The zero-order valence-electron chi connectivity index (χ0n) is 10.3. The van der Waals surface area contributed by atoms with Gasteiger partial charge >= 0.3 is 0 Å². The number of aromatic nitrogens is 1. The van der Waals surface area contributed by atoms with Gasteiger partial charge in [0.1, 0.15) is 10.8 Å². The van der Waals surface area contributed by atoms with Crippen molar-refractivity contribution >= 4 is 40.6 Å². The smallest absolute Gasteiger partial charge is 0.234 e. The number of thioether (sulfide) groups is 1. The summed E-state index contributed by atoms with van der Waals surface area (Å²) in [7, 11) is 0. The Morgan fingerprint density at radius 1 is 1.45 bits per heavy atom. The first-order chi connectivity index (χ1) is 9.56. The van der Waals surface area contributed by atoms with Gasteiger partial charge in [-0.3, -0.25) is 4.79 Å². The number of rotatable bonds is 4. The number of halogens is 2. The highest BCUT2D eigenvalue weighted by Gasteiger charge is 2.09. The SMILES string of the molecule is Nc1cc(F)ccc1NC(=O)CSc1ncccc1Cl. The van der Waals surface area contributed by atoms with Gasteiger partial charge in [0.25, 0.3) is 0 Å². The Kier molecular flexibility index (Phi) is 4.81. The molecule has 1 aromatic heterocycles. The van der Waals surface area contributed by atoms with Crippen LogP contribution in [0.3, 0.4) is 0 Å². The summed E-state index contributed by atoms with van der Waals surface area (Å²) in [5.41, 5.74) is 6.16. The topological polar surface area (TPSA) is 68.0 Å². The summed E-state index contributed by atoms with van der Waals surface area (Å²) in [6.45, 7) is 0. The second-order valence-corrected chi connectivity index (χ2v) is 5.23. The predicted molar refractivity (Wildman–Crippen MR) is 79.4 cm³/mol. The largest absolute Gasteiger partial charge is 0.397 e. The molecule has 2 rings (SSSR count). The van der Waals surface area contributed by atoms with Gasteiger partial charge in [0.2, 0.25) is 5.91 Å². The van der Waals surface area contributed by atoms with Crippen LogP contribution in [-0.2, 0) is 4.79 Å². The molecule has 0 fully saturated rings. The van der Waals surface area contributed by atoms with E-state index in [2.05, 4.69) is 10.3 Å². The Morgan fingerprint density at radius 3 is 2.95 bits per heavy atom. The van der Waals surface area contributed by atoms with Crippen LogP contribution >= 0.6 is 23.4 Å². The van der Waals surface area contributed by atoms with Crippen LogP contribution in [0.4, 0.5) is 15.8 Å². The molecule has 0 aliphatic heterocycles. The monoisotopic (exact) mass is 311 g/mol. The third-order valence-corrected chi connectivity index (χ3v) is 3.77. The molecule has 0 aliphatic carbocycles. The number of hydrogen-bond donors (Lipinski definition) is 2. The highest BCUT2D eigenvalue weighted by Crippen LogP contribution is 2.25. The number of carbonyl (C=O) groups is 1. The summed E-state index contributed by atoms with van der Waals surface area (Å²) in [6.07, 6.45) is 1.60. The van der Waals surface area contributed by atoms with E-state index in [1.165, 1.54) is 23.9 Å². The summed E-state index contributed by atoms with van der Waals surface area (Å²) in [5.74, 6) is -0.585. The van der Waals surface area contributed by atoms with Crippen LogP contribution in [0.2, 0.25) is 5.02 Å². The quantitative estimate of drug-likeness (QED) is 0.672. The number of nitrogens with two attached hydrogens (primary N) is 1. The third-order valence-electron chi connectivity index (χ3n) is 2.35. The molecule has 0 radical (unpaired) electrons. The Balaban J connectivity index is 1.94. The number of carbonyl (C=O) groups excluding carboxylic acids is 1. The minimum Gasteiger partial charge on any atom is -0.397 e. The number of nitrogens with zero attached hydrogens (tertiary/aromatic N) is 1. The molecule has 0 unspecified atom stereocenters. The van der Waals surface area contributed by atoms with Crippen molar-refractivity contribution in [3.05, 3.63) is 47.4 Å². The van der Waals surface area contributed by atoms with Crippen molar-refractivity contribution in [3.63, 3.8) is 0 Å². The number of nitrogen functional groups attached to an aromatic ring is 1. The Bertz CT molecular complexity index is 639. The van der Waals surface area contributed by atoms with Crippen LogP contribution in [0.1, 0.15) is 0 Å². The fraction of sp³-hybridized carbons (Fsp3) is 0.0769. The van der Waals surface area contributed by atoms with Gasteiger partial charge in [-0.15, -0.1) is 0 Å². The van der Waals surface area contributed by atoms with Gasteiger partial charge < -0.3 is 11.1 Å². The van der Waals surface area contributed by atoms with Gasteiger partial charge in [-0.05, 0) is 30.3 Å². The summed E-state index contributed by atoms with van der Waals surface area (Å²) in [5, 5.41) is 3.68. The minimum atomic E-state index is -0.449. The molecule has 0 atom stereocenters. The van der Waals surface area contributed by atoms with E-state index in [1.54, 1.807) is 18.3 Å². The van der Waals surface area contributed by atoms with Crippen LogP contribution in [0.25, 0.3) is 0 Å². The Morgan fingerprint density at radius 2 is 2.25 bits per heavy atom. The molecule has 0 spiro atoms. The average Bonchev–Trinajstić information content (AvgIpc) is 2.41. The first-order valence-electron chi connectivity index (χ1n) is 5.64. The molecule has 1 heterocycles. The first-order valence-corrected chi connectivity index (χ1v) is 7.01. The zero-order valence-corrected chi connectivity index (χ0v) is 11.8. The molecule has 3 N–H and O–H groups in total. The van der Waals surface area contributed by atoms with Crippen molar-refractivity contribution in [2.24, 2.45) is 0 Å². The van der Waals surface area contributed by atoms with Gasteiger partial charge in [-0.2, -0.15) is 0 Å². The van der Waals surface area contributed by atoms with Crippen LogP contribution in [0.15, 0.2) is 41.6 Å². The fourth-order valence-corrected chi connectivity index (χ4v) is 2.41. The van der Waals surface area contributed by atoms with Crippen molar-refractivity contribution in [2.45, 2.75) is 5.03 Å². The van der Waals surface area contributed by atoms with E-state index in [1.807, 2.05) is 0 Å². The summed E-state index contributed by atoms with van der Waals surface area (Å²) in [6, 6.07) is 7.21. The van der Waals surface area contributed by atoms with E-state index in [4.69, 9.17) is 17.3 Å². The summed E-state index contributed by atoms with van der Waals surface area (Å²) < 4.78 is 12.9. The predicted octanol–water partition coefficient (Wildman–Crippen LogP) is 3.19. The summed E-state index contributed by atoms with van der Waals surface area (Å²) in [4.78, 5) is 15.8. The molecule has 0 saturated carbocycles. The molecule has 104 valence electrons. The zero-order chi connectivity index (χ0) is 14.5. The van der Waals surface area contributed by atoms with E-state index in [0.717, 1.165) is 6.07 Å². The van der Waals surface area contributed by atoms with Gasteiger partial charge in [-0.1, -0.05) is 23.4 Å². The number of hydrogen-bond acceptors (Lipinski definition) is 4. The van der Waals surface area contributed by atoms with Gasteiger partial charge in [0, 0.05) is 6.20 Å². The van der Waals surface area contributed by atoms with Crippen molar-refractivity contribution in [1.82, 2.24) is 4.98 Å². The molecular weight excluding hydrogens is 301 g/mol. The number of pyridine rings is 1. The highest BCUT2D eigenvalue weighted by molar-refractivity contribution is 8.00. The third kappa shape index (κ3) is 3.85. The molecule has 1 aromatic carbocycles.